The summed E-state index contributed by atoms with van der Waals surface area (Å²) in [6.45, 7) is 8.04. The molecule has 1 unspecified atom stereocenters. The molecule has 3 heterocycles. The molecule has 1 atom stereocenters. The fourth-order valence-electron chi connectivity index (χ4n) is 8.02. The second-order valence-electron chi connectivity index (χ2n) is 14.5. The van der Waals surface area contributed by atoms with E-state index in [1.54, 1.807) is 12.1 Å². The van der Waals surface area contributed by atoms with Crippen molar-refractivity contribution in [3.05, 3.63) is 130 Å². The van der Waals surface area contributed by atoms with Gasteiger partial charge in [0.2, 0.25) is 11.8 Å². The molecule has 0 aromatic heterocycles. The normalized spacial score (nSPS) is 18.8. The second-order valence-corrected chi connectivity index (χ2v) is 14.5. The molecule has 0 bridgehead atoms. The fraction of sp³-hybridized carbons (Fsp3) is 0.378. The first-order valence-electron chi connectivity index (χ1n) is 19.3. The van der Waals surface area contributed by atoms with Crippen molar-refractivity contribution in [3.63, 3.8) is 0 Å². The van der Waals surface area contributed by atoms with Gasteiger partial charge in [-0.2, -0.15) is 0 Å². The minimum absolute atomic E-state index is 0.160. The number of piperidine rings is 2. The van der Waals surface area contributed by atoms with Gasteiger partial charge in [0.25, 0.3) is 0 Å². The molecule has 3 aliphatic rings. The lowest BCUT2D eigenvalue weighted by Crippen LogP contribution is -2.50. The third kappa shape index (κ3) is 9.25. The summed E-state index contributed by atoms with van der Waals surface area (Å²) in [4.78, 5) is 28.6. The zero-order valence-electron chi connectivity index (χ0n) is 30.8. The first-order valence-corrected chi connectivity index (χ1v) is 19.3. The number of allylic oxidation sites excluding steroid dienone is 1. The largest absolute Gasteiger partial charge is 0.508 e. The maximum absolute atomic E-state index is 12.4. The Morgan fingerprint density at radius 2 is 1.53 bits per heavy atom. The molecule has 8 nitrogen and oxygen atoms in total. The lowest BCUT2D eigenvalue weighted by molar-refractivity contribution is -0.137. The van der Waals surface area contributed by atoms with Crippen LogP contribution in [0.4, 0.5) is 0 Å². The van der Waals surface area contributed by atoms with Crippen LogP contribution in [-0.2, 0) is 33.8 Å². The summed E-state index contributed by atoms with van der Waals surface area (Å²) in [5.41, 5.74) is 9.71. The molecule has 8 heteroatoms. The van der Waals surface area contributed by atoms with Crippen molar-refractivity contribution in [1.82, 2.24) is 15.1 Å². The number of phenols is 1. The molecule has 4 aromatic rings. The van der Waals surface area contributed by atoms with Gasteiger partial charge < -0.3 is 14.6 Å². The van der Waals surface area contributed by atoms with Crippen LogP contribution >= 0.6 is 0 Å². The van der Waals surface area contributed by atoms with Crippen LogP contribution in [0.2, 0.25) is 0 Å². The topological polar surface area (TPSA) is 91.3 Å². The average molecular weight is 714 g/mol. The number of rotatable bonds is 14. The molecule has 0 aliphatic carbocycles. The van der Waals surface area contributed by atoms with E-state index in [-0.39, 0.29) is 23.6 Å². The Kier molecular flexibility index (Phi) is 12.0. The van der Waals surface area contributed by atoms with Crippen LogP contribution in [-0.4, -0.2) is 71.7 Å². The highest BCUT2D eigenvalue weighted by Gasteiger charge is 2.34. The minimum atomic E-state index is -0.219. The average Bonchev–Trinajstić information content (AvgIpc) is 3.60. The van der Waals surface area contributed by atoms with Gasteiger partial charge in [-0.05, 0) is 107 Å². The first kappa shape index (κ1) is 36.6. The van der Waals surface area contributed by atoms with Crippen molar-refractivity contribution in [3.8, 4) is 11.5 Å². The van der Waals surface area contributed by atoms with Gasteiger partial charge in [0, 0.05) is 45.8 Å². The third-order valence-corrected chi connectivity index (χ3v) is 10.9. The smallest absolute Gasteiger partial charge is 0.243 e. The van der Waals surface area contributed by atoms with E-state index >= 15 is 0 Å². The number of ether oxygens (including phenoxy) is 2. The predicted octanol–water partition coefficient (Wildman–Crippen LogP) is 7.37. The number of fused-ring (bicyclic) bond motifs is 1. The van der Waals surface area contributed by atoms with Gasteiger partial charge in [0.1, 0.15) is 18.1 Å². The third-order valence-electron chi connectivity index (χ3n) is 10.9. The second kappa shape index (κ2) is 17.4. The van der Waals surface area contributed by atoms with Crippen LogP contribution in [0.1, 0.15) is 78.8 Å². The number of nitrogens with zero attached hydrogens (tertiary/aromatic N) is 2. The maximum atomic E-state index is 12.4. The van der Waals surface area contributed by atoms with E-state index in [9.17, 15) is 14.7 Å². The zero-order chi connectivity index (χ0) is 36.6. The van der Waals surface area contributed by atoms with Crippen molar-refractivity contribution in [1.29, 1.82) is 0 Å². The Bertz CT molecular complexity index is 1880. The number of benzene rings is 4. The lowest BCUT2D eigenvalue weighted by Gasteiger charge is -2.31. The van der Waals surface area contributed by atoms with Crippen molar-refractivity contribution in [2.24, 2.45) is 0 Å². The summed E-state index contributed by atoms with van der Waals surface area (Å²) in [5.74, 6) is 0.803. The highest BCUT2D eigenvalue weighted by atomic mass is 16.5. The summed E-state index contributed by atoms with van der Waals surface area (Å²) in [5, 5.41) is 12.4. The predicted molar refractivity (Wildman–Crippen MR) is 208 cm³/mol. The Morgan fingerprint density at radius 1 is 0.811 bits per heavy atom. The Balaban J connectivity index is 0.828. The van der Waals surface area contributed by atoms with Crippen molar-refractivity contribution in [2.45, 2.75) is 77.1 Å². The first-order chi connectivity index (χ1) is 25.9. The Hall–Kier alpha value is -4.76. The quantitative estimate of drug-likeness (QED) is 0.0801. The Morgan fingerprint density at radius 3 is 2.25 bits per heavy atom. The van der Waals surface area contributed by atoms with E-state index in [1.165, 1.54) is 33.4 Å². The van der Waals surface area contributed by atoms with Crippen LogP contribution < -0.4 is 10.1 Å². The number of hydrogen-bond acceptors (Lipinski definition) is 7. The molecule has 2 N–H and O–H groups in total. The van der Waals surface area contributed by atoms with Gasteiger partial charge in [-0.1, -0.05) is 79.7 Å². The molecule has 7 rings (SSSR count). The van der Waals surface area contributed by atoms with Crippen LogP contribution in [0.3, 0.4) is 0 Å². The van der Waals surface area contributed by atoms with E-state index in [2.05, 4.69) is 88.8 Å². The Labute approximate surface area is 313 Å². The molecule has 276 valence electrons. The summed E-state index contributed by atoms with van der Waals surface area (Å²) in [7, 11) is 0. The number of hydrogen-bond donors (Lipinski definition) is 2. The van der Waals surface area contributed by atoms with Crippen LogP contribution in [0.15, 0.2) is 97.1 Å². The number of carbonyl (C=O) groups excluding carboxylic acids is 2. The molecule has 0 spiro atoms. The molecule has 0 radical (unpaired) electrons. The molecule has 3 aliphatic heterocycles. The molecule has 4 aromatic carbocycles. The summed E-state index contributed by atoms with van der Waals surface area (Å²) in [6, 6.07) is 32.9. The van der Waals surface area contributed by atoms with E-state index in [0.29, 0.717) is 25.6 Å². The van der Waals surface area contributed by atoms with Crippen molar-refractivity contribution in [2.75, 3.05) is 32.8 Å². The van der Waals surface area contributed by atoms with Crippen LogP contribution in [0.5, 0.6) is 11.5 Å². The number of nitrogens with one attached hydrogen (secondary N) is 1. The SMILES string of the molecule is CCC(=C(c1ccc(O)cc1)c1ccc(OCCN2CCC(OCCCc3ccc4c(c3)CN(C3CCC(=O)NC3=O)C4)CC2)cc1)c1ccccc1. The molecule has 0 saturated carbocycles. The highest BCUT2D eigenvalue weighted by Crippen LogP contribution is 2.36. The van der Waals surface area contributed by atoms with Gasteiger partial charge >= 0.3 is 0 Å². The van der Waals surface area contributed by atoms with E-state index in [1.807, 2.05) is 18.2 Å². The van der Waals surface area contributed by atoms with Crippen molar-refractivity contribution < 1.29 is 24.2 Å². The van der Waals surface area contributed by atoms with Crippen LogP contribution in [0, 0.1) is 0 Å². The zero-order valence-corrected chi connectivity index (χ0v) is 30.8. The number of aromatic hydroxyl groups is 1. The summed E-state index contributed by atoms with van der Waals surface area (Å²) in [6.07, 6.45) is 6.24. The van der Waals surface area contributed by atoms with Gasteiger partial charge in [-0.15, -0.1) is 0 Å². The molecule has 53 heavy (non-hydrogen) atoms. The molecular weight excluding hydrogens is 663 g/mol. The van der Waals surface area contributed by atoms with Gasteiger partial charge in [0.15, 0.2) is 0 Å². The molecule has 2 saturated heterocycles. The molecular formula is C45H51N3O5. The minimum Gasteiger partial charge on any atom is -0.508 e. The number of phenolic OH excluding ortho intramolecular Hbond substituents is 1. The monoisotopic (exact) mass is 713 g/mol. The van der Waals surface area contributed by atoms with Crippen LogP contribution in [0.25, 0.3) is 11.1 Å². The molecule has 2 amide bonds. The van der Waals surface area contributed by atoms with E-state index in [4.69, 9.17) is 9.47 Å². The van der Waals surface area contributed by atoms with Crippen molar-refractivity contribution >= 4 is 23.0 Å². The van der Waals surface area contributed by atoms with E-state index < -0.39 is 0 Å². The van der Waals surface area contributed by atoms with E-state index in [0.717, 1.165) is 88.3 Å². The number of likely N-dealkylation sites (tertiary alicyclic amines) is 1. The fourth-order valence-corrected chi connectivity index (χ4v) is 8.02. The number of imide groups is 1. The van der Waals surface area contributed by atoms with Gasteiger partial charge in [-0.3, -0.25) is 24.7 Å². The number of amides is 2. The lowest BCUT2D eigenvalue weighted by atomic mass is 9.88. The van der Waals surface area contributed by atoms with Gasteiger partial charge in [0.05, 0.1) is 12.1 Å². The maximum Gasteiger partial charge on any atom is 0.243 e. The standard InChI is InChI=1S/C45H51N3O5/c1-2-41(33-8-4-3-5-9-33)44(34-12-16-38(49)17-13-34)35-14-18-39(19-15-35)53-28-26-47-24-22-40(23-25-47)52-27-6-7-32-10-11-36-30-48(31-37(36)29-32)42-20-21-43(50)46-45(42)51/h3-5,8-19,29,40,42,49H,2,6-7,20-28,30-31H2,1H3,(H,46,50,51). The number of carbonyl (C=O) groups is 2. The molecule has 2 fully saturated rings. The number of aryl methyl sites for hydroxylation is 1. The summed E-state index contributed by atoms with van der Waals surface area (Å²) >= 11 is 0. The highest BCUT2D eigenvalue weighted by molar-refractivity contribution is 6.00. The van der Waals surface area contributed by atoms with Gasteiger partial charge in [-0.25, -0.2) is 0 Å². The summed E-state index contributed by atoms with van der Waals surface area (Å²) < 4.78 is 12.5.